The summed E-state index contributed by atoms with van der Waals surface area (Å²) in [5.74, 6) is 0.312. The lowest BCUT2D eigenvalue weighted by molar-refractivity contribution is 0.102. The number of benzene rings is 3. The van der Waals surface area contributed by atoms with Crippen LogP contribution in [0.4, 0.5) is 5.69 Å². The molecule has 0 aliphatic heterocycles. The summed E-state index contributed by atoms with van der Waals surface area (Å²) in [5.41, 5.74) is 1.77. The minimum absolute atomic E-state index is 0.0536. The van der Waals surface area contributed by atoms with E-state index in [1.54, 1.807) is 12.1 Å². The fourth-order valence-corrected chi connectivity index (χ4v) is 4.38. The predicted octanol–water partition coefficient (Wildman–Crippen LogP) is 7.06. The van der Waals surface area contributed by atoms with Gasteiger partial charge in [0.05, 0.1) is 16.3 Å². The molecule has 3 aromatic carbocycles. The number of halogens is 2. The average Bonchev–Trinajstić information content (AvgIpc) is 2.78. The number of phenolic OH excluding ortho intramolecular Hbond substituents is 1. The summed E-state index contributed by atoms with van der Waals surface area (Å²) in [5, 5.41) is 13.5. The molecule has 1 saturated carbocycles. The second-order valence-corrected chi connectivity index (χ2v) is 8.56. The molecule has 0 saturated heterocycles. The van der Waals surface area contributed by atoms with Crippen molar-refractivity contribution >= 4 is 34.8 Å². The summed E-state index contributed by atoms with van der Waals surface area (Å²) in [6.07, 6.45) is 4.42. The first-order valence-electron chi connectivity index (χ1n) is 10.3. The number of hydrogen-bond acceptors (Lipinski definition) is 3. The van der Waals surface area contributed by atoms with Crippen molar-refractivity contribution in [3.05, 3.63) is 87.9 Å². The number of phenols is 1. The molecular formula is C25H23Cl2NO3. The van der Waals surface area contributed by atoms with Crippen molar-refractivity contribution in [3.8, 4) is 11.5 Å². The SMILES string of the molecule is O=C(Nc1cc(O[C@@H]2CCCC[C@H]2c2ccccc2)ccc1Cl)c1cc(Cl)ccc1O. The quantitative estimate of drug-likeness (QED) is 0.432. The minimum Gasteiger partial charge on any atom is -0.507 e. The highest BCUT2D eigenvalue weighted by Crippen LogP contribution is 2.37. The molecule has 0 radical (unpaired) electrons. The van der Waals surface area contributed by atoms with Gasteiger partial charge < -0.3 is 15.2 Å². The van der Waals surface area contributed by atoms with Gasteiger partial charge in [-0.05, 0) is 55.2 Å². The third kappa shape index (κ3) is 5.15. The molecular weight excluding hydrogens is 433 g/mol. The Morgan fingerprint density at radius 1 is 0.968 bits per heavy atom. The Bertz CT molecular complexity index is 1070. The van der Waals surface area contributed by atoms with Crippen LogP contribution in [0.15, 0.2) is 66.7 Å². The lowest BCUT2D eigenvalue weighted by atomic mass is 9.81. The van der Waals surface area contributed by atoms with Crippen LogP contribution in [-0.2, 0) is 0 Å². The maximum absolute atomic E-state index is 12.6. The first-order chi connectivity index (χ1) is 15.0. The highest BCUT2D eigenvalue weighted by Gasteiger charge is 2.28. The Hall–Kier alpha value is -2.69. The van der Waals surface area contributed by atoms with E-state index in [0.717, 1.165) is 19.3 Å². The number of amides is 1. The summed E-state index contributed by atoms with van der Waals surface area (Å²) >= 11 is 12.3. The number of rotatable bonds is 5. The number of aromatic hydroxyl groups is 1. The zero-order chi connectivity index (χ0) is 21.8. The summed E-state index contributed by atoms with van der Waals surface area (Å²) in [4.78, 5) is 12.6. The van der Waals surface area contributed by atoms with Gasteiger partial charge in [-0.25, -0.2) is 0 Å². The average molecular weight is 456 g/mol. The summed E-state index contributed by atoms with van der Waals surface area (Å²) in [6, 6.07) is 20.0. The third-order valence-corrected chi connectivity index (χ3v) is 6.17. The Kier molecular flexibility index (Phi) is 6.69. The van der Waals surface area contributed by atoms with E-state index >= 15 is 0 Å². The van der Waals surface area contributed by atoms with Crippen LogP contribution in [0.2, 0.25) is 10.0 Å². The third-order valence-electron chi connectivity index (χ3n) is 5.61. The van der Waals surface area contributed by atoms with Crippen LogP contribution in [0.3, 0.4) is 0 Å². The van der Waals surface area contributed by atoms with Gasteiger partial charge in [-0.1, -0.05) is 60.0 Å². The molecule has 0 heterocycles. The fourth-order valence-electron chi connectivity index (χ4n) is 4.05. The molecule has 4 nitrogen and oxygen atoms in total. The zero-order valence-corrected chi connectivity index (χ0v) is 18.4. The first kappa shape index (κ1) is 21.5. The van der Waals surface area contributed by atoms with Gasteiger partial charge in [0.15, 0.2) is 0 Å². The number of ether oxygens (including phenoxy) is 1. The van der Waals surface area contributed by atoms with Crippen molar-refractivity contribution in [1.82, 2.24) is 0 Å². The van der Waals surface area contributed by atoms with Crippen molar-refractivity contribution in [3.63, 3.8) is 0 Å². The van der Waals surface area contributed by atoms with Crippen molar-refractivity contribution in [2.24, 2.45) is 0 Å². The number of hydrogen-bond donors (Lipinski definition) is 2. The Balaban J connectivity index is 1.53. The highest BCUT2D eigenvalue weighted by molar-refractivity contribution is 6.34. The molecule has 1 aliphatic rings. The largest absolute Gasteiger partial charge is 0.507 e. The molecule has 4 rings (SSSR count). The van der Waals surface area contributed by atoms with Crippen LogP contribution in [0, 0.1) is 0 Å². The van der Waals surface area contributed by atoms with Gasteiger partial charge in [0, 0.05) is 17.0 Å². The zero-order valence-electron chi connectivity index (χ0n) is 16.9. The van der Waals surface area contributed by atoms with Crippen LogP contribution >= 0.6 is 23.2 Å². The molecule has 0 aromatic heterocycles. The molecule has 0 unspecified atom stereocenters. The molecule has 31 heavy (non-hydrogen) atoms. The molecule has 0 spiro atoms. The molecule has 160 valence electrons. The molecule has 2 N–H and O–H groups in total. The van der Waals surface area contributed by atoms with Crippen LogP contribution in [0.5, 0.6) is 11.5 Å². The number of nitrogens with one attached hydrogen (secondary N) is 1. The summed E-state index contributed by atoms with van der Waals surface area (Å²) in [7, 11) is 0. The second kappa shape index (κ2) is 9.63. The second-order valence-electron chi connectivity index (χ2n) is 7.72. The smallest absolute Gasteiger partial charge is 0.259 e. The van der Waals surface area contributed by atoms with E-state index in [1.807, 2.05) is 12.1 Å². The molecule has 6 heteroatoms. The van der Waals surface area contributed by atoms with Gasteiger partial charge in [-0.2, -0.15) is 0 Å². The number of anilines is 1. The van der Waals surface area contributed by atoms with Gasteiger partial charge in [0.1, 0.15) is 17.6 Å². The summed E-state index contributed by atoms with van der Waals surface area (Å²) < 4.78 is 6.37. The van der Waals surface area contributed by atoms with Gasteiger partial charge in [-0.3, -0.25) is 4.79 Å². The molecule has 1 amide bonds. The van der Waals surface area contributed by atoms with Crippen molar-refractivity contribution in [2.75, 3.05) is 5.32 Å². The van der Waals surface area contributed by atoms with Crippen molar-refractivity contribution in [1.29, 1.82) is 0 Å². The Labute approximate surface area is 191 Å². The molecule has 1 aliphatic carbocycles. The lowest BCUT2D eigenvalue weighted by Gasteiger charge is -2.32. The van der Waals surface area contributed by atoms with Crippen molar-refractivity contribution in [2.45, 2.75) is 37.7 Å². The van der Waals surface area contributed by atoms with Crippen LogP contribution < -0.4 is 10.1 Å². The first-order valence-corrected chi connectivity index (χ1v) is 11.1. The van der Waals surface area contributed by atoms with E-state index < -0.39 is 5.91 Å². The van der Waals surface area contributed by atoms with E-state index in [4.69, 9.17) is 27.9 Å². The molecule has 0 bridgehead atoms. The van der Waals surface area contributed by atoms with E-state index in [2.05, 4.69) is 29.6 Å². The molecule has 2 atom stereocenters. The van der Waals surface area contributed by atoms with E-state index in [9.17, 15) is 9.90 Å². The Morgan fingerprint density at radius 2 is 1.74 bits per heavy atom. The van der Waals surface area contributed by atoms with Crippen LogP contribution in [0.25, 0.3) is 0 Å². The monoisotopic (exact) mass is 455 g/mol. The predicted molar refractivity (Wildman–Crippen MR) is 125 cm³/mol. The van der Waals surface area contributed by atoms with E-state index in [-0.39, 0.29) is 17.4 Å². The topological polar surface area (TPSA) is 58.6 Å². The maximum Gasteiger partial charge on any atom is 0.259 e. The van der Waals surface area contributed by atoms with Crippen molar-refractivity contribution < 1.29 is 14.6 Å². The maximum atomic E-state index is 12.6. The standard InChI is InChI=1S/C25H23Cl2NO3/c26-17-10-13-23(29)20(14-17)25(30)28-22-15-18(11-12-21(22)27)31-24-9-5-4-8-19(24)16-6-2-1-3-7-16/h1-3,6-7,10-15,19,24,29H,4-5,8-9H2,(H,28,30)/t19-,24+/m0/s1. The van der Waals surface area contributed by atoms with E-state index in [1.165, 1.54) is 30.2 Å². The van der Waals surface area contributed by atoms with Gasteiger partial charge in [0.25, 0.3) is 5.91 Å². The summed E-state index contributed by atoms with van der Waals surface area (Å²) in [6.45, 7) is 0. The molecule has 1 fully saturated rings. The lowest BCUT2D eigenvalue weighted by Crippen LogP contribution is -2.28. The van der Waals surface area contributed by atoms with Crippen LogP contribution in [0.1, 0.15) is 47.5 Å². The van der Waals surface area contributed by atoms with Gasteiger partial charge >= 0.3 is 0 Å². The minimum atomic E-state index is -0.501. The molecule has 3 aromatic rings. The van der Waals surface area contributed by atoms with Crippen LogP contribution in [-0.4, -0.2) is 17.1 Å². The normalized spacial score (nSPS) is 18.4. The number of carbonyl (C=O) groups is 1. The highest BCUT2D eigenvalue weighted by atomic mass is 35.5. The number of carbonyl (C=O) groups excluding carboxylic acids is 1. The fraction of sp³-hybridized carbons (Fsp3) is 0.240. The van der Waals surface area contributed by atoms with Gasteiger partial charge in [0.2, 0.25) is 0 Å². The van der Waals surface area contributed by atoms with Gasteiger partial charge in [-0.15, -0.1) is 0 Å². The van der Waals surface area contributed by atoms with E-state index in [0.29, 0.717) is 27.4 Å². The Morgan fingerprint density at radius 3 is 2.55 bits per heavy atom.